The van der Waals surface area contributed by atoms with E-state index in [2.05, 4.69) is 12.2 Å². The van der Waals surface area contributed by atoms with Crippen molar-refractivity contribution in [3.8, 4) is 0 Å². The molecule has 0 atom stereocenters. The van der Waals surface area contributed by atoms with E-state index in [0.29, 0.717) is 0 Å². The molecule has 23 heavy (non-hydrogen) atoms. The first kappa shape index (κ1) is 23.2. The number of unbranched alkanes of at least 4 members (excludes halogenated alkanes) is 15. The van der Waals surface area contributed by atoms with Gasteiger partial charge in [-0.1, -0.05) is 109 Å². The molecule has 0 aliphatic carbocycles. The van der Waals surface area contributed by atoms with Gasteiger partial charge in [-0.25, -0.2) is 0 Å². The molecule has 0 saturated heterocycles. The average molecular weight is 342 g/mol. The number of hydrogen-bond acceptors (Lipinski definition) is 1. The van der Waals surface area contributed by atoms with Crippen LogP contribution in [0.2, 0.25) is 6.04 Å². The van der Waals surface area contributed by atoms with E-state index in [-0.39, 0.29) is 0 Å². The molecule has 140 valence electrons. The number of hydrogen-bond donors (Lipinski definition) is 1. The van der Waals surface area contributed by atoms with E-state index in [0.717, 1.165) is 0 Å². The molecule has 0 aromatic rings. The van der Waals surface area contributed by atoms with Gasteiger partial charge < -0.3 is 5.32 Å². The highest BCUT2D eigenvalue weighted by molar-refractivity contribution is 6.08. The molecule has 0 rings (SSSR count). The van der Waals surface area contributed by atoms with Crippen LogP contribution in [0.5, 0.6) is 0 Å². The van der Waals surface area contributed by atoms with Crippen LogP contribution in [0.25, 0.3) is 0 Å². The minimum Gasteiger partial charge on any atom is -0.317 e. The number of rotatable bonds is 20. The van der Waals surface area contributed by atoms with Crippen molar-refractivity contribution in [1.29, 1.82) is 0 Å². The number of nitrogens with one attached hydrogen (secondary N) is 1. The Morgan fingerprint density at radius 3 is 1.22 bits per heavy atom. The van der Waals surface area contributed by atoms with Crippen LogP contribution < -0.4 is 5.32 Å². The van der Waals surface area contributed by atoms with Crippen molar-refractivity contribution in [2.45, 2.75) is 122 Å². The second-order valence-electron chi connectivity index (χ2n) is 7.41. The Hall–Kier alpha value is 0.177. The van der Waals surface area contributed by atoms with Gasteiger partial charge in [0.25, 0.3) is 0 Å². The topological polar surface area (TPSA) is 12.0 Å². The van der Waals surface area contributed by atoms with Crippen molar-refractivity contribution in [3.05, 3.63) is 0 Å². The highest BCUT2D eigenvalue weighted by Gasteiger charge is 1.94. The van der Waals surface area contributed by atoms with Gasteiger partial charge in [-0.05, 0) is 25.9 Å². The van der Waals surface area contributed by atoms with Crippen LogP contribution in [0.3, 0.4) is 0 Å². The minimum absolute atomic E-state index is 1.25. The molecule has 0 aliphatic rings. The van der Waals surface area contributed by atoms with Crippen LogP contribution in [0.4, 0.5) is 0 Å². The van der Waals surface area contributed by atoms with E-state index < -0.39 is 0 Å². The van der Waals surface area contributed by atoms with Crippen molar-refractivity contribution >= 4 is 10.2 Å². The van der Waals surface area contributed by atoms with Gasteiger partial charge in [0.15, 0.2) is 0 Å². The van der Waals surface area contributed by atoms with Crippen LogP contribution in [-0.2, 0) is 0 Å². The van der Waals surface area contributed by atoms with E-state index in [1.807, 2.05) is 0 Å². The molecule has 0 aliphatic heterocycles. The lowest BCUT2D eigenvalue weighted by Gasteiger charge is -2.04. The molecule has 0 radical (unpaired) electrons. The average Bonchev–Trinajstić information content (AvgIpc) is 2.57. The second-order valence-corrected chi connectivity index (χ2v) is 8.41. The Bertz CT molecular complexity index is 176. The molecule has 0 unspecified atom stereocenters. The molecule has 1 N–H and O–H groups in total. The summed E-state index contributed by atoms with van der Waals surface area (Å²) >= 11 is 0. The third-order valence-corrected chi connectivity index (χ3v) is 5.62. The molecule has 0 bridgehead atoms. The molecule has 0 saturated carbocycles. The van der Waals surface area contributed by atoms with Gasteiger partial charge in [0, 0.05) is 10.2 Å². The molecule has 1 nitrogen and oxygen atoms in total. The maximum Gasteiger partial charge on any atom is 0.00286 e. The van der Waals surface area contributed by atoms with Gasteiger partial charge in [-0.3, -0.25) is 0 Å². The quantitative estimate of drug-likeness (QED) is 0.211. The normalized spacial score (nSPS) is 11.3. The predicted octanol–water partition coefficient (Wildman–Crippen LogP) is 6.01. The first-order valence-corrected chi connectivity index (χ1v) is 12.5. The van der Waals surface area contributed by atoms with Crippen LogP contribution in [0.15, 0.2) is 0 Å². The molecule has 0 amide bonds. The third kappa shape index (κ3) is 22.2. The Balaban J connectivity index is 2.92. The fourth-order valence-corrected chi connectivity index (χ4v) is 3.58. The monoisotopic (exact) mass is 341 g/mol. The highest BCUT2D eigenvalue weighted by Crippen LogP contribution is 2.13. The maximum absolute atomic E-state index is 3.56. The molecule has 0 heterocycles. The zero-order chi connectivity index (χ0) is 16.8. The van der Waals surface area contributed by atoms with Gasteiger partial charge in [0.05, 0.1) is 0 Å². The van der Waals surface area contributed by atoms with E-state index in [1.54, 1.807) is 0 Å². The molecule has 0 spiro atoms. The standard InChI is InChI=1S/C21H47NSi/c1-2-3-4-5-6-7-8-9-10-11-12-13-14-15-16-17-19-22-20-18-21-23/h22H,2-21H2,1,23H3. The molecule has 2 heteroatoms. The van der Waals surface area contributed by atoms with Gasteiger partial charge >= 0.3 is 0 Å². The Labute approximate surface area is 151 Å². The lowest BCUT2D eigenvalue weighted by Crippen LogP contribution is -2.16. The predicted molar refractivity (Wildman–Crippen MR) is 112 cm³/mol. The largest absolute Gasteiger partial charge is 0.317 e. The third-order valence-electron chi connectivity index (χ3n) is 4.91. The second kappa shape index (κ2) is 22.2. The van der Waals surface area contributed by atoms with E-state index in [4.69, 9.17) is 0 Å². The molecule has 0 fully saturated rings. The molecular formula is C21H47NSi. The van der Waals surface area contributed by atoms with Crippen molar-refractivity contribution < 1.29 is 0 Å². The summed E-state index contributed by atoms with van der Waals surface area (Å²) in [6.07, 6.45) is 24.8. The molecule has 0 aromatic heterocycles. The SMILES string of the molecule is CCCCCCCCCCCCCCCCCCNCCC[SiH3]. The zero-order valence-corrected chi connectivity index (χ0v) is 18.6. The first-order chi connectivity index (χ1) is 11.4. The molecule has 0 aromatic carbocycles. The highest BCUT2D eigenvalue weighted by atomic mass is 28.1. The van der Waals surface area contributed by atoms with Crippen molar-refractivity contribution in [2.75, 3.05) is 13.1 Å². The van der Waals surface area contributed by atoms with Gasteiger partial charge in [-0.15, -0.1) is 0 Å². The van der Waals surface area contributed by atoms with Crippen LogP contribution in [0.1, 0.15) is 116 Å². The van der Waals surface area contributed by atoms with Crippen LogP contribution in [0, 0.1) is 0 Å². The lowest BCUT2D eigenvalue weighted by molar-refractivity contribution is 0.525. The molecular weight excluding hydrogens is 294 g/mol. The fourth-order valence-electron chi connectivity index (χ4n) is 3.22. The smallest absolute Gasteiger partial charge is 0.00286 e. The van der Waals surface area contributed by atoms with Gasteiger partial charge in [-0.2, -0.15) is 0 Å². The summed E-state index contributed by atoms with van der Waals surface area (Å²) in [6, 6.07) is 1.45. The van der Waals surface area contributed by atoms with Crippen LogP contribution in [-0.4, -0.2) is 23.3 Å². The summed E-state index contributed by atoms with van der Waals surface area (Å²) in [5.74, 6) is 0. The van der Waals surface area contributed by atoms with Crippen LogP contribution >= 0.6 is 0 Å². The Morgan fingerprint density at radius 2 is 0.826 bits per heavy atom. The van der Waals surface area contributed by atoms with E-state index >= 15 is 0 Å². The minimum atomic E-state index is 1.25. The summed E-state index contributed by atoms with van der Waals surface area (Å²) in [6.45, 7) is 4.80. The van der Waals surface area contributed by atoms with Crippen molar-refractivity contribution in [2.24, 2.45) is 0 Å². The van der Waals surface area contributed by atoms with Gasteiger partial charge in [0.2, 0.25) is 0 Å². The fraction of sp³-hybridized carbons (Fsp3) is 1.00. The summed E-state index contributed by atoms with van der Waals surface area (Å²) in [5, 5.41) is 3.56. The zero-order valence-electron chi connectivity index (χ0n) is 16.6. The summed E-state index contributed by atoms with van der Waals surface area (Å²) in [7, 11) is 1.37. The van der Waals surface area contributed by atoms with E-state index in [9.17, 15) is 0 Å². The van der Waals surface area contributed by atoms with Gasteiger partial charge in [0.1, 0.15) is 0 Å². The maximum atomic E-state index is 3.56. The van der Waals surface area contributed by atoms with Crippen molar-refractivity contribution in [1.82, 2.24) is 5.32 Å². The first-order valence-electron chi connectivity index (χ1n) is 11.1. The summed E-state index contributed by atoms with van der Waals surface area (Å²) in [4.78, 5) is 0. The van der Waals surface area contributed by atoms with Crippen molar-refractivity contribution in [3.63, 3.8) is 0 Å². The lowest BCUT2D eigenvalue weighted by atomic mass is 10.0. The summed E-state index contributed by atoms with van der Waals surface area (Å²) < 4.78 is 0. The summed E-state index contributed by atoms with van der Waals surface area (Å²) in [5.41, 5.74) is 0. The Kier molecular flexibility index (Phi) is 22.3. The Morgan fingerprint density at radius 1 is 0.478 bits per heavy atom. The van der Waals surface area contributed by atoms with E-state index in [1.165, 1.54) is 139 Å².